The standard InChI is InChI=1S/C21H36N2O4/c1-5-7-9-11-18(16-20(25)26)21(27)22-13-12-17(3)15-19(24)23(4)14-10-8-6-2/h5-6,17-18H,1-2,7-16H2,3-4H3,(H,22,27)(H,25,26)/t17-,18+/m0/s1. The lowest BCUT2D eigenvalue weighted by atomic mass is 9.97. The zero-order valence-corrected chi connectivity index (χ0v) is 16.9. The Bertz CT molecular complexity index is 491. The summed E-state index contributed by atoms with van der Waals surface area (Å²) in [4.78, 5) is 37.1. The van der Waals surface area contributed by atoms with E-state index in [1.165, 1.54) is 0 Å². The van der Waals surface area contributed by atoms with Gasteiger partial charge in [0.1, 0.15) is 0 Å². The minimum atomic E-state index is -0.966. The summed E-state index contributed by atoms with van der Waals surface area (Å²) >= 11 is 0. The van der Waals surface area contributed by atoms with E-state index in [9.17, 15) is 14.4 Å². The summed E-state index contributed by atoms with van der Waals surface area (Å²) in [5.74, 6) is -1.45. The highest BCUT2D eigenvalue weighted by molar-refractivity contribution is 5.83. The molecule has 0 aliphatic rings. The molecule has 0 radical (unpaired) electrons. The number of carboxylic acid groups (broad SMARTS) is 1. The van der Waals surface area contributed by atoms with Crippen molar-refractivity contribution in [2.75, 3.05) is 20.1 Å². The Hall–Kier alpha value is -2.11. The van der Waals surface area contributed by atoms with Gasteiger partial charge in [0.15, 0.2) is 0 Å². The Labute approximate surface area is 163 Å². The van der Waals surface area contributed by atoms with Crippen LogP contribution in [0, 0.1) is 11.8 Å². The number of allylic oxidation sites excluding steroid dienone is 2. The van der Waals surface area contributed by atoms with Crippen LogP contribution in [0.3, 0.4) is 0 Å². The van der Waals surface area contributed by atoms with Crippen molar-refractivity contribution in [3.8, 4) is 0 Å². The SMILES string of the molecule is C=CCCC[C@H](CC(=O)O)C(=O)NCC[C@H](C)CC(=O)N(C)CCCC=C. The number of unbranched alkanes of at least 4 members (excludes halogenated alkanes) is 2. The summed E-state index contributed by atoms with van der Waals surface area (Å²) in [5.41, 5.74) is 0. The minimum Gasteiger partial charge on any atom is -0.481 e. The van der Waals surface area contributed by atoms with E-state index in [0.29, 0.717) is 25.8 Å². The molecule has 0 heterocycles. The third-order valence-corrected chi connectivity index (χ3v) is 4.54. The highest BCUT2D eigenvalue weighted by Gasteiger charge is 2.21. The number of hydrogen-bond acceptors (Lipinski definition) is 3. The molecule has 154 valence electrons. The lowest BCUT2D eigenvalue weighted by molar-refractivity contribution is -0.141. The maximum atomic E-state index is 12.2. The normalized spacial score (nSPS) is 12.7. The van der Waals surface area contributed by atoms with Gasteiger partial charge in [-0.1, -0.05) is 19.1 Å². The summed E-state index contributed by atoms with van der Waals surface area (Å²) in [6.07, 6.45) is 8.43. The van der Waals surface area contributed by atoms with Gasteiger partial charge < -0.3 is 15.3 Å². The molecule has 0 aromatic carbocycles. The lowest BCUT2D eigenvalue weighted by Crippen LogP contribution is -2.34. The second-order valence-electron chi connectivity index (χ2n) is 7.15. The van der Waals surface area contributed by atoms with Crippen molar-refractivity contribution >= 4 is 17.8 Å². The summed E-state index contributed by atoms with van der Waals surface area (Å²) < 4.78 is 0. The van der Waals surface area contributed by atoms with Crippen LogP contribution in [-0.2, 0) is 14.4 Å². The van der Waals surface area contributed by atoms with Crippen LogP contribution in [0.2, 0.25) is 0 Å². The molecule has 2 amide bonds. The number of nitrogens with one attached hydrogen (secondary N) is 1. The van der Waals surface area contributed by atoms with Crippen molar-refractivity contribution in [1.82, 2.24) is 10.2 Å². The number of carboxylic acids is 1. The zero-order valence-electron chi connectivity index (χ0n) is 16.9. The molecular formula is C21H36N2O4. The predicted octanol–water partition coefficient (Wildman–Crippen LogP) is 3.39. The molecule has 0 aliphatic carbocycles. The number of aliphatic carboxylic acids is 1. The molecule has 0 fully saturated rings. The number of amides is 2. The van der Waals surface area contributed by atoms with Gasteiger partial charge in [0.25, 0.3) is 0 Å². The molecule has 2 N–H and O–H groups in total. The Kier molecular flexibility index (Phi) is 13.8. The van der Waals surface area contributed by atoms with Gasteiger partial charge in [-0.25, -0.2) is 0 Å². The molecule has 0 saturated carbocycles. The van der Waals surface area contributed by atoms with Gasteiger partial charge in [0.05, 0.1) is 6.42 Å². The van der Waals surface area contributed by atoms with Gasteiger partial charge in [-0.2, -0.15) is 0 Å². The van der Waals surface area contributed by atoms with Gasteiger partial charge in [-0.3, -0.25) is 14.4 Å². The van der Waals surface area contributed by atoms with Crippen LogP contribution in [0.5, 0.6) is 0 Å². The fraction of sp³-hybridized carbons (Fsp3) is 0.667. The minimum absolute atomic E-state index is 0.103. The molecule has 0 unspecified atom stereocenters. The largest absolute Gasteiger partial charge is 0.481 e. The van der Waals surface area contributed by atoms with Gasteiger partial charge in [-0.15, -0.1) is 13.2 Å². The van der Waals surface area contributed by atoms with E-state index in [4.69, 9.17) is 5.11 Å². The Morgan fingerprint density at radius 1 is 1.07 bits per heavy atom. The van der Waals surface area contributed by atoms with E-state index >= 15 is 0 Å². The van der Waals surface area contributed by atoms with Crippen molar-refractivity contribution in [2.24, 2.45) is 11.8 Å². The van der Waals surface area contributed by atoms with Crippen molar-refractivity contribution in [3.63, 3.8) is 0 Å². The number of carbonyl (C=O) groups is 3. The molecule has 0 bridgehead atoms. The van der Waals surface area contributed by atoms with Crippen LogP contribution >= 0.6 is 0 Å². The molecule has 0 aromatic heterocycles. The molecule has 0 saturated heterocycles. The Morgan fingerprint density at radius 3 is 2.30 bits per heavy atom. The van der Waals surface area contributed by atoms with Gasteiger partial charge in [0, 0.05) is 32.5 Å². The second-order valence-corrected chi connectivity index (χ2v) is 7.15. The van der Waals surface area contributed by atoms with E-state index < -0.39 is 11.9 Å². The first-order chi connectivity index (χ1) is 12.8. The van der Waals surface area contributed by atoms with Crippen LogP contribution in [0.25, 0.3) is 0 Å². The summed E-state index contributed by atoms with van der Waals surface area (Å²) in [6.45, 7) is 10.5. The molecule has 27 heavy (non-hydrogen) atoms. The smallest absolute Gasteiger partial charge is 0.304 e. The fourth-order valence-electron chi connectivity index (χ4n) is 2.78. The lowest BCUT2D eigenvalue weighted by Gasteiger charge is -2.20. The zero-order chi connectivity index (χ0) is 20.7. The molecule has 6 heteroatoms. The van der Waals surface area contributed by atoms with Gasteiger partial charge >= 0.3 is 5.97 Å². The molecule has 0 rings (SSSR count). The van der Waals surface area contributed by atoms with Crippen LogP contribution in [0.4, 0.5) is 0 Å². The van der Waals surface area contributed by atoms with E-state index in [-0.39, 0.29) is 24.2 Å². The maximum Gasteiger partial charge on any atom is 0.304 e. The Morgan fingerprint density at radius 2 is 1.70 bits per heavy atom. The molecule has 0 spiro atoms. The van der Waals surface area contributed by atoms with Crippen molar-refractivity contribution in [1.29, 1.82) is 0 Å². The van der Waals surface area contributed by atoms with E-state index in [1.54, 1.807) is 18.0 Å². The van der Waals surface area contributed by atoms with Crippen molar-refractivity contribution in [2.45, 2.75) is 58.3 Å². The maximum absolute atomic E-state index is 12.2. The van der Waals surface area contributed by atoms with Crippen LogP contribution in [-0.4, -0.2) is 47.9 Å². The summed E-state index contributed by atoms with van der Waals surface area (Å²) in [6, 6.07) is 0. The van der Waals surface area contributed by atoms with Crippen molar-refractivity contribution < 1.29 is 19.5 Å². The number of hydrogen-bond donors (Lipinski definition) is 2. The quantitative estimate of drug-likeness (QED) is 0.317. The van der Waals surface area contributed by atoms with Gasteiger partial charge in [0.2, 0.25) is 11.8 Å². The first-order valence-electron chi connectivity index (χ1n) is 9.77. The number of carbonyl (C=O) groups excluding carboxylic acids is 2. The number of rotatable bonds is 16. The molecule has 0 aromatic rings. The highest BCUT2D eigenvalue weighted by atomic mass is 16.4. The molecular weight excluding hydrogens is 344 g/mol. The molecule has 0 aliphatic heterocycles. The van der Waals surface area contributed by atoms with E-state index in [2.05, 4.69) is 18.5 Å². The van der Waals surface area contributed by atoms with Crippen LogP contribution in [0.1, 0.15) is 58.3 Å². The average molecular weight is 381 g/mol. The van der Waals surface area contributed by atoms with E-state index in [0.717, 1.165) is 32.2 Å². The first kappa shape index (κ1) is 24.9. The Balaban J connectivity index is 4.22. The second kappa shape index (κ2) is 15.0. The van der Waals surface area contributed by atoms with Crippen LogP contribution < -0.4 is 5.32 Å². The first-order valence-corrected chi connectivity index (χ1v) is 9.77. The molecule has 2 atom stereocenters. The third kappa shape index (κ3) is 12.8. The molecule has 6 nitrogen and oxygen atoms in total. The monoisotopic (exact) mass is 380 g/mol. The third-order valence-electron chi connectivity index (χ3n) is 4.54. The van der Waals surface area contributed by atoms with Crippen LogP contribution in [0.15, 0.2) is 25.3 Å². The van der Waals surface area contributed by atoms with Gasteiger partial charge in [-0.05, 0) is 44.4 Å². The fourth-order valence-corrected chi connectivity index (χ4v) is 2.78. The summed E-state index contributed by atoms with van der Waals surface area (Å²) in [7, 11) is 1.81. The average Bonchev–Trinajstić information content (AvgIpc) is 2.60. The number of nitrogens with zero attached hydrogens (tertiary/aromatic N) is 1. The predicted molar refractivity (Wildman–Crippen MR) is 108 cm³/mol. The van der Waals surface area contributed by atoms with E-state index in [1.807, 2.05) is 13.0 Å². The summed E-state index contributed by atoms with van der Waals surface area (Å²) in [5, 5.41) is 11.8. The topological polar surface area (TPSA) is 86.7 Å². The van der Waals surface area contributed by atoms with Crippen molar-refractivity contribution in [3.05, 3.63) is 25.3 Å². The highest BCUT2D eigenvalue weighted by Crippen LogP contribution is 2.14.